The summed E-state index contributed by atoms with van der Waals surface area (Å²) in [6.45, 7) is 1.38. The molecule has 0 fully saturated rings. The molecular weight excluding hydrogens is 947 g/mol. The number of sulfonamides is 2. The van der Waals surface area contributed by atoms with Crippen LogP contribution in [-0.2, 0) is 60.4 Å². The van der Waals surface area contributed by atoms with Crippen LogP contribution in [0.25, 0.3) is 0 Å². The van der Waals surface area contributed by atoms with E-state index >= 15 is 0 Å². The van der Waals surface area contributed by atoms with E-state index in [0.29, 0.717) is 54.7 Å². The molecule has 0 aliphatic heterocycles. The predicted molar refractivity (Wildman–Crippen MR) is 262 cm³/mol. The van der Waals surface area contributed by atoms with Gasteiger partial charge in [-0.15, -0.1) is 11.3 Å². The number of carboxylic acid groups (broad SMARTS) is 2. The van der Waals surface area contributed by atoms with Crippen LogP contribution in [0, 0.1) is 0 Å². The molecular formula is C50H47N3O11S4. The second-order valence-corrected chi connectivity index (χ2v) is 21.8. The number of para-hydroxylation sites is 2. The zero-order chi connectivity index (χ0) is 48.9. The lowest BCUT2D eigenvalue weighted by atomic mass is 9.99. The number of carbonyl (C=O) groups excluding carboxylic acids is 1. The monoisotopic (exact) mass is 993 g/mol. The highest BCUT2D eigenvalue weighted by Crippen LogP contribution is 2.31. The van der Waals surface area contributed by atoms with Gasteiger partial charge in [0.1, 0.15) is 4.21 Å². The number of sulfone groups is 1. The molecule has 0 saturated carbocycles. The highest BCUT2D eigenvalue weighted by atomic mass is 32.2. The topological polar surface area (TPSA) is 230 Å². The van der Waals surface area contributed by atoms with Gasteiger partial charge in [0.2, 0.25) is 15.7 Å². The van der Waals surface area contributed by atoms with Crippen LogP contribution in [0.3, 0.4) is 0 Å². The summed E-state index contributed by atoms with van der Waals surface area (Å²) in [4.78, 5) is 33.8. The number of carbonyl (C=O) groups is 3. The summed E-state index contributed by atoms with van der Waals surface area (Å²) < 4.78 is 82.6. The van der Waals surface area contributed by atoms with Crippen LogP contribution >= 0.6 is 11.3 Å². The fourth-order valence-corrected chi connectivity index (χ4v) is 12.2. The molecule has 7 rings (SSSR count). The number of aromatic carboxylic acids is 2. The Hall–Kier alpha value is -7.12. The molecule has 68 heavy (non-hydrogen) atoms. The summed E-state index contributed by atoms with van der Waals surface area (Å²) in [7, 11) is -11.7. The summed E-state index contributed by atoms with van der Waals surface area (Å²) in [5.41, 5.74) is 5.15. The van der Waals surface area contributed by atoms with Crippen molar-refractivity contribution in [3.8, 4) is 0 Å². The maximum absolute atomic E-state index is 13.1. The average Bonchev–Trinajstić information content (AvgIpc) is 3.84. The molecule has 1 heterocycles. The Labute approximate surface area is 399 Å². The van der Waals surface area contributed by atoms with E-state index in [1.54, 1.807) is 97.1 Å². The van der Waals surface area contributed by atoms with E-state index in [1.807, 2.05) is 18.2 Å². The molecule has 0 aliphatic carbocycles. The van der Waals surface area contributed by atoms with Gasteiger partial charge in [0.25, 0.3) is 20.0 Å². The van der Waals surface area contributed by atoms with Crippen molar-refractivity contribution in [3.63, 3.8) is 0 Å². The average molecular weight is 994 g/mol. The first-order valence-electron chi connectivity index (χ1n) is 21.0. The third kappa shape index (κ3) is 13.5. The lowest BCUT2D eigenvalue weighted by Crippen LogP contribution is -2.14. The van der Waals surface area contributed by atoms with E-state index < -0.39 is 41.8 Å². The number of nitrogens with one attached hydrogen (secondary N) is 3. The molecule has 6 aromatic carbocycles. The van der Waals surface area contributed by atoms with Crippen molar-refractivity contribution >= 4 is 76.1 Å². The molecule has 5 N–H and O–H groups in total. The molecule has 0 bridgehead atoms. The van der Waals surface area contributed by atoms with E-state index in [0.717, 1.165) is 34.4 Å². The smallest absolute Gasteiger partial charge is 0.335 e. The lowest BCUT2D eigenvalue weighted by Gasteiger charge is -2.13. The molecule has 7 aromatic rings. The molecule has 0 atom stereocenters. The Bertz CT molecular complexity index is 3250. The van der Waals surface area contributed by atoms with Gasteiger partial charge >= 0.3 is 11.9 Å². The third-order valence-electron chi connectivity index (χ3n) is 10.4. The van der Waals surface area contributed by atoms with Gasteiger partial charge in [-0.25, -0.2) is 34.8 Å². The minimum atomic E-state index is -4.03. The van der Waals surface area contributed by atoms with Gasteiger partial charge in [-0.1, -0.05) is 84.9 Å². The molecule has 0 saturated heterocycles. The highest BCUT2D eigenvalue weighted by molar-refractivity contribution is 7.95. The Morgan fingerprint density at radius 3 is 1.66 bits per heavy atom. The summed E-state index contributed by atoms with van der Waals surface area (Å²) in [5.74, 6) is -2.18. The Morgan fingerprint density at radius 2 is 1.06 bits per heavy atom. The number of thiophene rings is 1. The number of aryl methyl sites for hydroxylation is 4. The molecule has 0 unspecified atom stereocenters. The summed E-state index contributed by atoms with van der Waals surface area (Å²) >= 11 is 0.837. The van der Waals surface area contributed by atoms with Crippen molar-refractivity contribution in [2.24, 2.45) is 0 Å². The van der Waals surface area contributed by atoms with Crippen molar-refractivity contribution in [2.75, 3.05) is 14.8 Å². The van der Waals surface area contributed by atoms with Crippen molar-refractivity contribution in [3.05, 3.63) is 196 Å². The minimum absolute atomic E-state index is 0.0792. The van der Waals surface area contributed by atoms with E-state index in [-0.39, 0.29) is 35.9 Å². The lowest BCUT2D eigenvalue weighted by molar-refractivity contribution is -0.114. The van der Waals surface area contributed by atoms with E-state index in [2.05, 4.69) is 14.8 Å². The van der Waals surface area contributed by atoms with Crippen molar-refractivity contribution in [1.82, 2.24) is 0 Å². The third-order valence-corrected chi connectivity index (χ3v) is 16.5. The van der Waals surface area contributed by atoms with Gasteiger partial charge in [0.15, 0.2) is 0 Å². The van der Waals surface area contributed by atoms with Crippen LogP contribution in [-0.4, -0.2) is 53.3 Å². The number of carboxylic acids is 2. The van der Waals surface area contributed by atoms with Gasteiger partial charge in [0.05, 0.1) is 37.2 Å². The molecule has 1 amide bonds. The zero-order valence-corrected chi connectivity index (χ0v) is 39.8. The quantitative estimate of drug-likeness (QED) is 0.0512. The number of anilines is 3. The van der Waals surface area contributed by atoms with Gasteiger partial charge in [-0.05, 0) is 134 Å². The van der Waals surface area contributed by atoms with Crippen LogP contribution in [0.5, 0.6) is 0 Å². The van der Waals surface area contributed by atoms with Crippen LogP contribution < -0.4 is 14.8 Å². The zero-order valence-electron chi connectivity index (χ0n) is 36.5. The van der Waals surface area contributed by atoms with Gasteiger partial charge in [-0.3, -0.25) is 14.2 Å². The van der Waals surface area contributed by atoms with Crippen LogP contribution in [0.4, 0.5) is 17.1 Å². The Balaban J connectivity index is 0.000000226. The van der Waals surface area contributed by atoms with E-state index in [4.69, 9.17) is 5.11 Å². The standard InChI is InChI=1S/C26H23NO6S3.C24H24N2O5S/c28-26(29)23-15-6-4-9-19(23)11-8-12-20-10-5-7-16-24(20)27-36(32,33)25-17-22(18-34-25)35(30,31)21-13-2-1-3-14-21;1-17(27)25-21-12-14-22(15-13-21)32(30,31)26-23-11-3-2-8-19(23)9-4-6-18-7-5-10-20(16-18)24(28)29/h1-7,9-10,13-18,27H,8,11-12H2,(H,28,29);2-3,5,7-8,10-16,26H,4,6,9H2,1H3,(H,25,27)(H,28,29). The number of hydrogen-bond donors (Lipinski definition) is 5. The maximum atomic E-state index is 13.1. The molecule has 0 spiro atoms. The second kappa shape index (κ2) is 22.6. The Morgan fingerprint density at radius 1 is 0.515 bits per heavy atom. The van der Waals surface area contributed by atoms with E-state index in [1.165, 1.54) is 54.8 Å². The molecule has 0 radical (unpaired) electrons. The SMILES string of the molecule is CC(=O)Nc1ccc(S(=O)(=O)Nc2ccccc2CCCc2cccc(C(=O)O)c2)cc1.O=C(O)c1ccccc1CCCc1ccccc1NS(=O)(=O)c1cc(S(=O)(=O)c2ccccc2)cs1. The normalized spacial score (nSPS) is 11.4. The van der Waals surface area contributed by atoms with E-state index in [9.17, 15) is 44.7 Å². The summed E-state index contributed by atoms with van der Waals surface area (Å²) in [6, 6.07) is 42.7. The summed E-state index contributed by atoms with van der Waals surface area (Å²) in [5, 5.41) is 22.4. The largest absolute Gasteiger partial charge is 0.478 e. The fraction of sp³-hybridized carbons (Fsp3) is 0.140. The molecule has 0 aliphatic rings. The number of benzene rings is 6. The number of rotatable bonds is 19. The molecule has 18 heteroatoms. The van der Waals surface area contributed by atoms with Gasteiger partial charge in [0, 0.05) is 18.0 Å². The molecule has 1 aromatic heterocycles. The second-order valence-electron chi connectivity index (χ2n) is 15.3. The Kier molecular flexibility index (Phi) is 16.7. The van der Waals surface area contributed by atoms with Crippen LogP contribution in [0.2, 0.25) is 0 Å². The molecule has 14 nitrogen and oxygen atoms in total. The highest BCUT2D eigenvalue weighted by Gasteiger charge is 2.25. The van der Waals surface area contributed by atoms with Crippen LogP contribution in [0.1, 0.15) is 62.7 Å². The first-order chi connectivity index (χ1) is 32.4. The van der Waals surface area contributed by atoms with Crippen molar-refractivity contribution in [1.29, 1.82) is 0 Å². The van der Waals surface area contributed by atoms with Crippen molar-refractivity contribution in [2.45, 2.75) is 64.3 Å². The maximum Gasteiger partial charge on any atom is 0.335 e. The first kappa shape index (κ1) is 50.3. The molecule has 352 valence electrons. The predicted octanol–water partition coefficient (Wildman–Crippen LogP) is 9.57. The van der Waals surface area contributed by atoms with Crippen LogP contribution in [0.15, 0.2) is 182 Å². The first-order valence-corrected chi connectivity index (χ1v) is 26.4. The number of hydrogen-bond acceptors (Lipinski definition) is 10. The minimum Gasteiger partial charge on any atom is -0.478 e. The fourth-order valence-electron chi connectivity index (χ4n) is 7.07. The van der Waals surface area contributed by atoms with Gasteiger partial charge < -0.3 is 15.5 Å². The number of amides is 1. The van der Waals surface area contributed by atoms with Crippen molar-refractivity contribution < 1.29 is 49.9 Å². The van der Waals surface area contributed by atoms with Gasteiger partial charge in [-0.2, -0.15) is 0 Å². The summed E-state index contributed by atoms with van der Waals surface area (Å²) in [6.07, 6.45) is 3.68.